The van der Waals surface area contributed by atoms with E-state index in [1.54, 1.807) is 0 Å². The number of nitrogens with zero attached hydrogens (tertiary/aromatic N) is 1. The van der Waals surface area contributed by atoms with E-state index in [4.69, 9.17) is 5.11 Å². The first kappa shape index (κ1) is 10.7. The normalized spacial score (nSPS) is 24.3. The number of hydrogen-bond donors (Lipinski definition) is 1. The van der Waals surface area contributed by atoms with Crippen molar-refractivity contribution in [2.45, 2.75) is 18.5 Å². The molecule has 2 bridgehead atoms. The first-order chi connectivity index (χ1) is 8.92. The maximum Gasteiger partial charge on any atom is 0.0710 e. The summed E-state index contributed by atoms with van der Waals surface area (Å²) in [5.41, 5.74) is 4.42. The molecule has 92 valence electrons. The minimum atomic E-state index is 0.278. The van der Waals surface area contributed by atoms with E-state index in [-0.39, 0.29) is 6.61 Å². The summed E-state index contributed by atoms with van der Waals surface area (Å²) >= 11 is 1.87. The lowest BCUT2D eigenvalue weighted by Gasteiger charge is -2.22. The summed E-state index contributed by atoms with van der Waals surface area (Å²) in [6, 6.07) is 11.9. The lowest BCUT2D eigenvalue weighted by molar-refractivity contribution is 0.201. The molecular formula is C15H15NOS. The lowest BCUT2D eigenvalue weighted by atomic mass is 9.91. The SMILES string of the molecule is OCCCN1C2c3ccccc3C1c1sccc12. The van der Waals surface area contributed by atoms with Crippen LogP contribution in [0, 0.1) is 0 Å². The molecule has 2 aliphatic rings. The summed E-state index contributed by atoms with van der Waals surface area (Å²) in [5, 5.41) is 11.3. The first-order valence-corrected chi connectivity index (χ1v) is 7.32. The molecule has 1 aromatic heterocycles. The van der Waals surface area contributed by atoms with E-state index in [1.807, 2.05) is 11.3 Å². The maximum absolute atomic E-state index is 9.08. The second-order valence-electron chi connectivity index (χ2n) is 4.99. The van der Waals surface area contributed by atoms with Crippen LogP contribution in [0.2, 0.25) is 0 Å². The molecule has 2 aromatic rings. The molecule has 0 fully saturated rings. The van der Waals surface area contributed by atoms with E-state index < -0.39 is 0 Å². The monoisotopic (exact) mass is 257 g/mol. The third-order valence-electron chi connectivity index (χ3n) is 4.09. The van der Waals surface area contributed by atoms with Crippen molar-refractivity contribution < 1.29 is 5.11 Å². The molecule has 2 nitrogen and oxygen atoms in total. The van der Waals surface area contributed by atoms with Gasteiger partial charge < -0.3 is 5.11 Å². The van der Waals surface area contributed by atoms with Crippen LogP contribution in [0.4, 0.5) is 0 Å². The highest BCUT2D eigenvalue weighted by Crippen LogP contribution is 2.57. The van der Waals surface area contributed by atoms with Gasteiger partial charge in [0.2, 0.25) is 0 Å². The molecule has 2 aliphatic heterocycles. The molecular weight excluding hydrogens is 242 g/mol. The molecule has 18 heavy (non-hydrogen) atoms. The fourth-order valence-electron chi connectivity index (χ4n) is 3.44. The van der Waals surface area contributed by atoms with Crippen LogP contribution in [-0.2, 0) is 0 Å². The highest BCUT2D eigenvalue weighted by Gasteiger charge is 2.47. The van der Waals surface area contributed by atoms with Gasteiger partial charge in [0, 0.05) is 18.0 Å². The molecule has 1 N–H and O–H groups in total. The summed E-state index contributed by atoms with van der Waals surface area (Å²) in [6.07, 6.45) is 0.857. The zero-order valence-corrected chi connectivity index (χ0v) is 10.9. The van der Waals surface area contributed by atoms with Crippen molar-refractivity contribution in [2.75, 3.05) is 13.2 Å². The minimum Gasteiger partial charge on any atom is -0.396 e. The molecule has 0 spiro atoms. The van der Waals surface area contributed by atoms with Crippen molar-refractivity contribution in [1.29, 1.82) is 0 Å². The fraction of sp³-hybridized carbons (Fsp3) is 0.333. The molecule has 0 saturated heterocycles. The molecule has 0 aliphatic carbocycles. The van der Waals surface area contributed by atoms with Crippen molar-refractivity contribution >= 4 is 11.3 Å². The Labute approximate surface area is 110 Å². The van der Waals surface area contributed by atoms with Gasteiger partial charge in [-0.15, -0.1) is 11.3 Å². The Morgan fingerprint density at radius 1 is 1.06 bits per heavy atom. The van der Waals surface area contributed by atoms with Crippen LogP contribution in [0.15, 0.2) is 35.7 Å². The third kappa shape index (κ3) is 1.24. The van der Waals surface area contributed by atoms with Gasteiger partial charge in [-0.25, -0.2) is 0 Å². The van der Waals surface area contributed by atoms with Crippen molar-refractivity contribution in [2.24, 2.45) is 0 Å². The summed E-state index contributed by atoms with van der Waals surface area (Å²) in [7, 11) is 0. The van der Waals surface area contributed by atoms with Crippen LogP contribution in [0.25, 0.3) is 0 Å². The Hall–Kier alpha value is -1.16. The van der Waals surface area contributed by atoms with E-state index >= 15 is 0 Å². The maximum atomic E-state index is 9.08. The van der Waals surface area contributed by atoms with Gasteiger partial charge in [0.05, 0.1) is 12.1 Å². The topological polar surface area (TPSA) is 23.5 Å². The van der Waals surface area contributed by atoms with Crippen LogP contribution in [0.5, 0.6) is 0 Å². The largest absolute Gasteiger partial charge is 0.396 e. The highest BCUT2D eigenvalue weighted by atomic mass is 32.1. The number of thiophene rings is 1. The Bertz CT molecular complexity index is 546. The predicted octanol–water partition coefficient (Wildman–Crippen LogP) is 2.94. The van der Waals surface area contributed by atoms with E-state index in [1.165, 1.54) is 21.6 Å². The number of aliphatic hydroxyl groups is 1. The van der Waals surface area contributed by atoms with Crippen molar-refractivity contribution in [3.8, 4) is 0 Å². The molecule has 3 heteroatoms. The summed E-state index contributed by atoms with van der Waals surface area (Å²) < 4.78 is 0. The molecule has 3 heterocycles. The number of benzene rings is 1. The van der Waals surface area contributed by atoms with Gasteiger partial charge >= 0.3 is 0 Å². The first-order valence-electron chi connectivity index (χ1n) is 6.44. The average molecular weight is 257 g/mol. The lowest BCUT2D eigenvalue weighted by Crippen LogP contribution is -2.23. The van der Waals surface area contributed by atoms with E-state index in [9.17, 15) is 0 Å². The van der Waals surface area contributed by atoms with Crippen molar-refractivity contribution in [3.05, 3.63) is 57.3 Å². The van der Waals surface area contributed by atoms with Gasteiger partial charge in [-0.3, -0.25) is 4.90 Å². The Balaban J connectivity index is 1.82. The van der Waals surface area contributed by atoms with Gasteiger partial charge in [-0.05, 0) is 34.6 Å². The summed E-state index contributed by atoms with van der Waals surface area (Å²) in [4.78, 5) is 4.05. The zero-order valence-electron chi connectivity index (χ0n) is 10.0. The van der Waals surface area contributed by atoms with Gasteiger partial charge in [0.25, 0.3) is 0 Å². The smallest absolute Gasteiger partial charge is 0.0710 e. The number of fused-ring (bicyclic) bond motifs is 8. The molecule has 2 unspecified atom stereocenters. The minimum absolute atomic E-state index is 0.278. The molecule has 1 aromatic carbocycles. The van der Waals surface area contributed by atoms with Crippen molar-refractivity contribution in [1.82, 2.24) is 4.90 Å². The number of aliphatic hydroxyl groups excluding tert-OH is 1. The molecule has 2 atom stereocenters. The van der Waals surface area contributed by atoms with E-state index in [2.05, 4.69) is 40.6 Å². The van der Waals surface area contributed by atoms with E-state index in [0.29, 0.717) is 12.1 Å². The van der Waals surface area contributed by atoms with Crippen LogP contribution in [0.1, 0.15) is 40.1 Å². The van der Waals surface area contributed by atoms with Crippen LogP contribution >= 0.6 is 11.3 Å². The second kappa shape index (κ2) is 3.92. The van der Waals surface area contributed by atoms with Gasteiger partial charge in [-0.1, -0.05) is 24.3 Å². The van der Waals surface area contributed by atoms with Crippen LogP contribution in [0.3, 0.4) is 0 Å². The molecule has 0 amide bonds. The summed E-state index contributed by atoms with van der Waals surface area (Å²) in [5.74, 6) is 0. The van der Waals surface area contributed by atoms with E-state index in [0.717, 1.165) is 13.0 Å². The second-order valence-corrected chi connectivity index (χ2v) is 5.94. The molecule has 0 saturated carbocycles. The van der Waals surface area contributed by atoms with Gasteiger partial charge in [0.15, 0.2) is 0 Å². The van der Waals surface area contributed by atoms with Crippen molar-refractivity contribution in [3.63, 3.8) is 0 Å². The fourth-order valence-corrected chi connectivity index (χ4v) is 4.51. The molecule has 4 rings (SSSR count). The van der Waals surface area contributed by atoms with Gasteiger partial charge in [-0.2, -0.15) is 0 Å². The highest BCUT2D eigenvalue weighted by molar-refractivity contribution is 7.10. The Kier molecular flexibility index (Phi) is 2.34. The quantitative estimate of drug-likeness (QED) is 0.914. The van der Waals surface area contributed by atoms with Gasteiger partial charge in [0.1, 0.15) is 0 Å². The number of hydrogen-bond acceptors (Lipinski definition) is 3. The van der Waals surface area contributed by atoms with Crippen LogP contribution < -0.4 is 0 Å². The summed E-state index contributed by atoms with van der Waals surface area (Å²) in [6.45, 7) is 1.25. The standard InChI is InChI=1S/C15H15NOS/c17-8-3-7-16-13-10-4-1-2-5-11(10)14(16)15-12(13)6-9-18-15/h1-2,4-6,9,13-14,17H,3,7-8H2. The Morgan fingerprint density at radius 2 is 1.83 bits per heavy atom. The zero-order chi connectivity index (χ0) is 12.1. The predicted molar refractivity (Wildman–Crippen MR) is 72.9 cm³/mol. The third-order valence-corrected chi connectivity index (χ3v) is 5.08. The molecule has 0 radical (unpaired) electrons. The number of rotatable bonds is 3. The Morgan fingerprint density at radius 3 is 2.61 bits per heavy atom. The average Bonchev–Trinajstić information content (AvgIpc) is 3.05. The van der Waals surface area contributed by atoms with Crippen LogP contribution in [-0.4, -0.2) is 23.2 Å².